The second kappa shape index (κ2) is 12.1. The molecule has 3 rings (SSSR count). The van der Waals surface area contributed by atoms with Gasteiger partial charge in [-0.2, -0.15) is 0 Å². The van der Waals surface area contributed by atoms with Crippen LogP contribution in [-0.4, -0.2) is 54.9 Å². The van der Waals surface area contributed by atoms with Gasteiger partial charge in [-0.3, -0.25) is 14.4 Å². The first-order valence-electron chi connectivity index (χ1n) is 12.0. The van der Waals surface area contributed by atoms with Crippen LogP contribution in [0.2, 0.25) is 5.02 Å². The van der Waals surface area contributed by atoms with E-state index in [1.54, 1.807) is 60.5 Å². The molecule has 0 saturated carbocycles. The van der Waals surface area contributed by atoms with Gasteiger partial charge in [-0.25, -0.2) is 0 Å². The number of rotatable bonds is 8. The Labute approximate surface area is 212 Å². The standard InChI is InChI=1S/C27H34ClN3O4/c1-17(2)18(3)29-26(33)24(30-25(32)20-7-11-23(35-4)12-8-20)19-13-15-31(16-14-19)27(34)21-5-9-22(28)10-6-21/h5-12,17-19,24H,13-16H2,1-4H3,(H,29,33)(H,30,32)/t18-,24+/m0/s1. The highest BCUT2D eigenvalue weighted by molar-refractivity contribution is 6.30. The maximum atomic E-state index is 13.3. The van der Waals surface area contributed by atoms with Crippen LogP contribution in [0.5, 0.6) is 5.75 Å². The molecule has 188 valence electrons. The van der Waals surface area contributed by atoms with E-state index < -0.39 is 6.04 Å². The van der Waals surface area contributed by atoms with E-state index in [4.69, 9.17) is 16.3 Å². The van der Waals surface area contributed by atoms with Crippen molar-refractivity contribution in [2.45, 2.75) is 45.7 Å². The van der Waals surface area contributed by atoms with E-state index >= 15 is 0 Å². The molecule has 0 radical (unpaired) electrons. The van der Waals surface area contributed by atoms with Crippen molar-refractivity contribution in [1.29, 1.82) is 0 Å². The van der Waals surface area contributed by atoms with E-state index in [1.165, 1.54) is 0 Å². The molecule has 2 aromatic carbocycles. The largest absolute Gasteiger partial charge is 0.497 e. The Kier molecular flexibility index (Phi) is 9.15. The molecule has 2 N–H and O–H groups in total. The topological polar surface area (TPSA) is 87.7 Å². The summed E-state index contributed by atoms with van der Waals surface area (Å²) in [6.45, 7) is 7.05. The van der Waals surface area contributed by atoms with Crippen LogP contribution in [0.3, 0.4) is 0 Å². The van der Waals surface area contributed by atoms with Crippen LogP contribution >= 0.6 is 11.6 Å². The quantitative estimate of drug-likeness (QED) is 0.571. The fourth-order valence-corrected chi connectivity index (χ4v) is 4.18. The van der Waals surface area contributed by atoms with Gasteiger partial charge >= 0.3 is 0 Å². The third kappa shape index (κ3) is 6.98. The van der Waals surface area contributed by atoms with E-state index in [1.807, 2.05) is 20.8 Å². The molecular weight excluding hydrogens is 466 g/mol. The Bertz CT molecular complexity index is 1020. The number of benzene rings is 2. The van der Waals surface area contributed by atoms with E-state index in [0.717, 1.165) is 0 Å². The van der Waals surface area contributed by atoms with Crippen LogP contribution < -0.4 is 15.4 Å². The summed E-state index contributed by atoms with van der Waals surface area (Å²) < 4.78 is 5.16. The summed E-state index contributed by atoms with van der Waals surface area (Å²) in [4.78, 5) is 40.9. The van der Waals surface area contributed by atoms with Crippen molar-refractivity contribution < 1.29 is 19.1 Å². The number of methoxy groups -OCH3 is 1. The van der Waals surface area contributed by atoms with Gasteiger partial charge in [0.15, 0.2) is 0 Å². The van der Waals surface area contributed by atoms with Gasteiger partial charge in [0.1, 0.15) is 11.8 Å². The highest BCUT2D eigenvalue weighted by Crippen LogP contribution is 2.24. The molecule has 0 bridgehead atoms. The monoisotopic (exact) mass is 499 g/mol. The predicted molar refractivity (Wildman–Crippen MR) is 137 cm³/mol. The second-order valence-corrected chi connectivity index (χ2v) is 9.79. The summed E-state index contributed by atoms with van der Waals surface area (Å²) in [6, 6.07) is 12.9. The number of halogens is 1. The SMILES string of the molecule is COc1ccc(C(=O)N[C@@H](C(=O)N[C@@H](C)C(C)C)C2CCN(C(=O)c3ccc(Cl)cc3)CC2)cc1. The molecule has 3 amide bonds. The lowest BCUT2D eigenvalue weighted by Crippen LogP contribution is -2.55. The molecule has 0 aliphatic carbocycles. The fraction of sp³-hybridized carbons (Fsp3) is 0.444. The second-order valence-electron chi connectivity index (χ2n) is 9.36. The van der Waals surface area contributed by atoms with Crippen LogP contribution in [0.15, 0.2) is 48.5 Å². The number of nitrogens with one attached hydrogen (secondary N) is 2. The van der Waals surface area contributed by atoms with Crippen molar-refractivity contribution >= 4 is 29.3 Å². The van der Waals surface area contributed by atoms with Gasteiger partial charge in [-0.15, -0.1) is 0 Å². The van der Waals surface area contributed by atoms with E-state index in [-0.39, 0.29) is 35.6 Å². The van der Waals surface area contributed by atoms with Crippen molar-refractivity contribution in [3.05, 3.63) is 64.7 Å². The van der Waals surface area contributed by atoms with Gasteiger partial charge in [0.25, 0.3) is 11.8 Å². The van der Waals surface area contributed by atoms with E-state index in [9.17, 15) is 14.4 Å². The number of ether oxygens (including phenoxy) is 1. The lowest BCUT2D eigenvalue weighted by atomic mass is 9.87. The van der Waals surface area contributed by atoms with Gasteiger partial charge in [-0.1, -0.05) is 25.4 Å². The van der Waals surface area contributed by atoms with Gasteiger partial charge in [0.2, 0.25) is 5.91 Å². The van der Waals surface area contributed by atoms with E-state index in [0.29, 0.717) is 47.8 Å². The van der Waals surface area contributed by atoms with Gasteiger partial charge in [-0.05, 0) is 80.1 Å². The third-order valence-corrected chi connectivity index (χ3v) is 6.93. The van der Waals surface area contributed by atoms with Crippen LogP contribution in [0, 0.1) is 11.8 Å². The van der Waals surface area contributed by atoms with Crippen LogP contribution in [0.25, 0.3) is 0 Å². The van der Waals surface area contributed by atoms with Crippen molar-refractivity contribution in [1.82, 2.24) is 15.5 Å². The summed E-state index contributed by atoms with van der Waals surface area (Å²) in [5, 5.41) is 6.59. The molecular formula is C27H34ClN3O4. The Morgan fingerprint density at radius 2 is 1.49 bits per heavy atom. The summed E-state index contributed by atoms with van der Waals surface area (Å²) in [6.07, 6.45) is 1.22. The van der Waals surface area contributed by atoms with E-state index in [2.05, 4.69) is 10.6 Å². The fourth-order valence-electron chi connectivity index (χ4n) is 4.06. The van der Waals surface area contributed by atoms with Gasteiger partial charge in [0, 0.05) is 35.3 Å². The molecule has 1 fully saturated rings. The number of carbonyl (C=O) groups is 3. The molecule has 0 aromatic heterocycles. The maximum Gasteiger partial charge on any atom is 0.253 e. The molecule has 35 heavy (non-hydrogen) atoms. The first-order chi connectivity index (χ1) is 16.7. The molecule has 1 aliphatic rings. The number of hydrogen-bond donors (Lipinski definition) is 2. The summed E-state index contributed by atoms with van der Waals surface area (Å²) in [7, 11) is 1.56. The average Bonchev–Trinajstić information content (AvgIpc) is 2.87. The first-order valence-corrected chi connectivity index (χ1v) is 12.4. The number of piperidine rings is 1. The molecule has 1 aliphatic heterocycles. The number of amides is 3. The normalized spacial score (nSPS) is 15.9. The highest BCUT2D eigenvalue weighted by atomic mass is 35.5. The zero-order valence-electron chi connectivity index (χ0n) is 20.7. The summed E-state index contributed by atoms with van der Waals surface area (Å²) >= 11 is 5.94. The number of nitrogens with zero attached hydrogens (tertiary/aromatic N) is 1. The van der Waals surface area contributed by atoms with Crippen molar-refractivity contribution in [3.8, 4) is 5.75 Å². The minimum absolute atomic E-state index is 0.0329. The predicted octanol–water partition coefficient (Wildman–Crippen LogP) is 4.16. The average molecular weight is 500 g/mol. The summed E-state index contributed by atoms with van der Waals surface area (Å²) in [5.74, 6) is 0.248. The van der Waals surface area contributed by atoms with Crippen LogP contribution in [0.1, 0.15) is 54.3 Å². The minimum Gasteiger partial charge on any atom is -0.497 e. The molecule has 1 saturated heterocycles. The zero-order chi connectivity index (χ0) is 25.5. The van der Waals surface area contributed by atoms with Gasteiger partial charge < -0.3 is 20.3 Å². The van der Waals surface area contributed by atoms with Crippen LogP contribution in [-0.2, 0) is 4.79 Å². The van der Waals surface area contributed by atoms with Gasteiger partial charge in [0.05, 0.1) is 7.11 Å². The maximum absolute atomic E-state index is 13.3. The molecule has 0 unspecified atom stereocenters. The number of likely N-dealkylation sites (tertiary alicyclic amines) is 1. The number of hydrogen-bond acceptors (Lipinski definition) is 4. The zero-order valence-corrected chi connectivity index (χ0v) is 21.5. The molecule has 2 aromatic rings. The van der Waals surface area contributed by atoms with Crippen LogP contribution in [0.4, 0.5) is 0 Å². The molecule has 2 atom stereocenters. The Hall–Kier alpha value is -3.06. The minimum atomic E-state index is -0.696. The smallest absolute Gasteiger partial charge is 0.253 e. The first kappa shape index (κ1) is 26.5. The third-order valence-electron chi connectivity index (χ3n) is 6.68. The summed E-state index contributed by atoms with van der Waals surface area (Å²) in [5.41, 5.74) is 1.04. The lowest BCUT2D eigenvalue weighted by molar-refractivity contribution is -0.125. The Morgan fingerprint density at radius 1 is 0.914 bits per heavy atom. The molecule has 1 heterocycles. The molecule has 8 heteroatoms. The Morgan fingerprint density at radius 3 is 2.03 bits per heavy atom. The lowest BCUT2D eigenvalue weighted by Gasteiger charge is -2.36. The van der Waals surface area contributed by atoms with Crippen molar-refractivity contribution in [2.24, 2.45) is 11.8 Å². The highest BCUT2D eigenvalue weighted by Gasteiger charge is 2.35. The Balaban J connectivity index is 1.71. The van der Waals surface area contributed by atoms with Crippen molar-refractivity contribution in [3.63, 3.8) is 0 Å². The molecule has 0 spiro atoms. The molecule has 7 nitrogen and oxygen atoms in total. The number of carbonyl (C=O) groups excluding carboxylic acids is 3. The van der Waals surface area contributed by atoms with Crippen molar-refractivity contribution in [2.75, 3.05) is 20.2 Å².